The number of ether oxygens (including phenoxy) is 1. The average Bonchev–Trinajstić information content (AvgIpc) is 2.79. The molecular formula is C27H36N2O4. The van der Waals surface area contributed by atoms with Crippen LogP contribution in [0.1, 0.15) is 86.5 Å². The number of esters is 1. The van der Waals surface area contributed by atoms with Gasteiger partial charge in [0, 0.05) is 30.4 Å². The van der Waals surface area contributed by atoms with E-state index in [2.05, 4.69) is 19.2 Å². The number of pyridine rings is 1. The maximum Gasteiger partial charge on any atom is 0.308 e. The van der Waals surface area contributed by atoms with E-state index in [-0.39, 0.29) is 11.1 Å². The Balaban J connectivity index is 1.98. The van der Waals surface area contributed by atoms with Crippen molar-refractivity contribution < 1.29 is 14.3 Å². The number of nitrogens with one attached hydrogen (secondary N) is 1. The number of aromatic nitrogens is 1. The van der Waals surface area contributed by atoms with E-state index in [0.29, 0.717) is 29.5 Å². The molecule has 6 heteroatoms. The van der Waals surface area contributed by atoms with Crippen molar-refractivity contribution in [3.63, 3.8) is 0 Å². The molecule has 0 saturated heterocycles. The highest BCUT2D eigenvalue weighted by Crippen LogP contribution is 2.27. The van der Waals surface area contributed by atoms with Gasteiger partial charge in [-0.1, -0.05) is 45.6 Å². The smallest absolute Gasteiger partial charge is 0.308 e. The molecule has 2 aromatic rings. The molecule has 1 aromatic heterocycles. The van der Waals surface area contributed by atoms with Crippen molar-refractivity contribution in [2.24, 2.45) is 5.92 Å². The minimum Gasteiger partial charge on any atom is -0.426 e. The van der Waals surface area contributed by atoms with E-state index in [1.165, 1.54) is 26.2 Å². The molecule has 0 spiro atoms. The van der Waals surface area contributed by atoms with Crippen LogP contribution in [0.25, 0.3) is 0 Å². The van der Waals surface area contributed by atoms with Crippen molar-refractivity contribution in [3.8, 4) is 5.75 Å². The van der Waals surface area contributed by atoms with Crippen LogP contribution in [0.5, 0.6) is 5.75 Å². The molecule has 1 saturated carbocycles. The number of hydrogen-bond acceptors (Lipinski definition) is 4. The van der Waals surface area contributed by atoms with E-state index in [1.807, 2.05) is 4.57 Å². The normalized spacial score (nSPS) is 14.2. The number of benzene rings is 1. The van der Waals surface area contributed by atoms with Crippen molar-refractivity contribution >= 4 is 17.6 Å². The highest BCUT2D eigenvalue weighted by atomic mass is 16.5. The van der Waals surface area contributed by atoms with Crippen molar-refractivity contribution in [3.05, 3.63) is 57.0 Å². The molecule has 1 N–H and O–H groups in total. The number of aryl methyl sites for hydroxylation is 1. The van der Waals surface area contributed by atoms with Gasteiger partial charge in [-0.15, -0.1) is 0 Å². The second-order valence-corrected chi connectivity index (χ2v) is 9.03. The quantitative estimate of drug-likeness (QED) is 0.428. The molecule has 33 heavy (non-hydrogen) atoms. The summed E-state index contributed by atoms with van der Waals surface area (Å²) in [6, 6.07) is 6.90. The Hall–Kier alpha value is -2.89. The number of amides is 1. The van der Waals surface area contributed by atoms with E-state index in [1.54, 1.807) is 31.2 Å². The molecule has 0 radical (unpaired) electrons. The average molecular weight is 453 g/mol. The Morgan fingerprint density at radius 3 is 2.52 bits per heavy atom. The van der Waals surface area contributed by atoms with Crippen LogP contribution in [0.2, 0.25) is 0 Å². The Morgan fingerprint density at radius 2 is 1.88 bits per heavy atom. The predicted octanol–water partition coefficient (Wildman–Crippen LogP) is 5.43. The summed E-state index contributed by atoms with van der Waals surface area (Å²) in [5.74, 6) is 0.0183. The third-order valence-corrected chi connectivity index (χ3v) is 6.55. The van der Waals surface area contributed by atoms with E-state index < -0.39 is 11.9 Å². The van der Waals surface area contributed by atoms with Gasteiger partial charge in [0.25, 0.3) is 11.5 Å². The third-order valence-electron chi connectivity index (χ3n) is 6.55. The molecular weight excluding hydrogens is 416 g/mol. The van der Waals surface area contributed by atoms with Gasteiger partial charge in [-0.25, -0.2) is 0 Å². The fraction of sp³-hybridized carbons (Fsp3) is 0.519. The largest absolute Gasteiger partial charge is 0.426 e. The first-order valence-electron chi connectivity index (χ1n) is 12.2. The van der Waals surface area contributed by atoms with Crippen LogP contribution in [0.4, 0.5) is 5.69 Å². The number of hydrogen-bond donors (Lipinski definition) is 1. The van der Waals surface area contributed by atoms with Gasteiger partial charge in [-0.2, -0.15) is 0 Å². The fourth-order valence-electron chi connectivity index (χ4n) is 4.79. The molecule has 0 atom stereocenters. The van der Waals surface area contributed by atoms with E-state index in [4.69, 9.17) is 4.74 Å². The van der Waals surface area contributed by atoms with Crippen molar-refractivity contribution in [1.29, 1.82) is 0 Å². The van der Waals surface area contributed by atoms with Gasteiger partial charge in [0.15, 0.2) is 0 Å². The van der Waals surface area contributed by atoms with Crippen molar-refractivity contribution in [2.75, 3.05) is 5.32 Å². The molecule has 6 nitrogen and oxygen atoms in total. The maximum atomic E-state index is 13.6. The van der Waals surface area contributed by atoms with Crippen LogP contribution < -0.4 is 15.6 Å². The molecule has 0 aliphatic heterocycles. The summed E-state index contributed by atoms with van der Waals surface area (Å²) >= 11 is 0. The summed E-state index contributed by atoms with van der Waals surface area (Å²) in [6.45, 7) is 7.98. The first-order chi connectivity index (χ1) is 15.8. The standard InChI is InChI=1S/C27H36N2O4/c1-5-11-24-21(6-2)16-22(27(32)29(24)17-20-12-8-7-9-13-20)26(31)28-23-14-10-15-25(18(23)3)33-19(4)30/h10,14-16,20H,5-9,11-13,17H2,1-4H3,(H,28,31). The van der Waals surface area contributed by atoms with Crippen LogP contribution >= 0.6 is 0 Å². The van der Waals surface area contributed by atoms with Gasteiger partial charge in [-0.05, 0) is 62.3 Å². The third kappa shape index (κ3) is 5.92. The zero-order valence-corrected chi connectivity index (χ0v) is 20.3. The Kier molecular flexibility index (Phi) is 8.48. The number of carbonyl (C=O) groups is 2. The van der Waals surface area contributed by atoms with Crippen molar-refractivity contribution in [1.82, 2.24) is 4.57 Å². The monoisotopic (exact) mass is 452 g/mol. The van der Waals surface area contributed by atoms with Gasteiger partial charge < -0.3 is 14.6 Å². The van der Waals surface area contributed by atoms with Gasteiger partial charge in [0.05, 0.1) is 0 Å². The second-order valence-electron chi connectivity index (χ2n) is 9.03. The van der Waals surface area contributed by atoms with Crippen LogP contribution in [0.3, 0.4) is 0 Å². The SMILES string of the molecule is CCCc1c(CC)cc(C(=O)Nc2cccc(OC(C)=O)c2C)c(=O)n1CC1CCCCC1. The summed E-state index contributed by atoms with van der Waals surface area (Å²) in [5, 5.41) is 2.87. The van der Waals surface area contributed by atoms with Gasteiger partial charge in [0.2, 0.25) is 0 Å². The first kappa shape index (κ1) is 24.7. The number of anilines is 1. The molecule has 1 aromatic carbocycles. The van der Waals surface area contributed by atoms with E-state index >= 15 is 0 Å². The predicted molar refractivity (Wildman–Crippen MR) is 131 cm³/mol. The summed E-state index contributed by atoms with van der Waals surface area (Å²) in [4.78, 5) is 38.2. The molecule has 1 aliphatic carbocycles. The Morgan fingerprint density at radius 1 is 1.15 bits per heavy atom. The zero-order chi connectivity index (χ0) is 24.0. The number of nitrogens with zero attached hydrogens (tertiary/aromatic N) is 1. The summed E-state index contributed by atoms with van der Waals surface area (Å²) < 4.78 is 7.11. The number of carbonyl (C=O) groups excluding carboxylic acids is 2. The summed E-state index contributed by atoms with van der Waals surface area (Å²) in [7, 11) is 0. The molecule has 0 unspecified atom stereocenters. The van der Waals surface area contributed by atoms with Crippen LogP contribution in [-0.4, -0.2) is 16.4 Å². The molecule has 178 valence electrons. The summed E-state index contributed by atoms with van der Waals surface area (Å²) in [5.41, 5.74) is 3.24. The molecule has 1 aliphatic rings. The zero-order valence-electron chi connectivity index (χ0n) is 20.3. The highest BCUT2D eigenvalue weighted by molar-refractivity contribution is 6.04. The molecule has 3 rings (SSSR count). The summed E-state index contributed by atoms with van der Waals surface area (Å²) in [6.07, 6.45) is 8.50. The second kappa shape index (κ2) is 11.3. The van der Waals surface area contributed by atoms with Gasteiger partial charge in [-0.3, -0.25) is 14.4 Å². The minimum atomic E-state index is -0.432. The van der Waals surface area contributed by atoms with Crippen molar-refractivity contribution in [2.45, 2.75) is 85.6 Å². The van der Waals surface area contributed by atoms with Gasteiger partial charge >= 0.3 is 5.97 Å². The van der Waals surface area contributed by atoms with Gasteiger partial charge in [0.1, 0.15) is 11.3 Å². The molecule has 1 fully saturated rings. The first-order valence-corrected chi connectivity index (χ1v) is 12.2. The maximum absolute atomic E-state index is 13.6. The minimum absolute atomic E-state index is 0.166. The molecule has 1 amide bonds. The molecule has 1 heterocycles. The Labute approximate surface area is 196 Å². The lowest BCUT2D eigenvalue weighted by atomic mass is 9.89. The topological polar surface area (TPSA) is 77.4 Å². The van der Waals surface area contributed by atoms with Crippen LogP contribution in [-0.2, 0) is 24.2 Å². The fourth-order valence-corrected chi connectivity index (χ4v) is 4.79. The van der Waals surface area contributed by atoms with E-state index in [0.717, 1.165) is 43.4 Å². The lowest BCUT2D eigenvalue weighted by Gasteiger charge is -2.25. The molecule has 0 bridgehead atoms. The van der Waals surface area contributed by atoms with E-state index in [9.17, 15) is 14.4 Å². The lowest BCUT2D eigenvalue weighted by Crippen LogP contribution is -2.34. The Bertz CT molecular complexity index is 1060. The number of rotatable bonds is 8. The van der Waals surface area contributed by atoms with Crippen LogP contribution in [0.15, 0.2) is 29.1 Å². The lowest BCUT2D eigenvalue weighted by molar-refractivity contribution is -0.131. The van der Waals surface area contributed by atoms with Crippen LogP contribution in [0, 0.1) is 12.8 Å². The highest BCUT2D eigenvalue weighted by Gasteiger charge is 2.22.